The summed E-state index contributed by atoms with van der Waals surface area (Å²) in [5.74, 6) is 1.30. The van der Waals surface area contributed by atoms with Crippen molar-refractivity contribution in [1.29, 1.82) is 0 Å². The van der Waals surface area contributed by atoms with Crippen LogP contribution in [0, 0.1) is 6.92 Å². The van der Waals surface area contributed by atoms with Crippen molar-refractivity contribution in [2.45, 2.75) is 37.7 Å². The topological polar surface area (TPSA) is 105 Å². The van der Waals surface area contributed by atoms with Crippen molar-refractivity contribution < 1.29 is 29.3 Å². The van der Waals surface area contributed by atoms with Crippen molar-refractivity contribution in [3.8, 4) is 22.6 Å². The molecule has 2 aliphatic rings. The number of aliphatic hydroxyl groups is 2. The molecule has 1 saturated carbocycles. The number of benzene rings is 3. The van der Waals surface area contributed by atoms with E-state index < -0.39 is 18.1 Å². The predicted molar refractivity (Wildman–Crippen MR) is 134 cm³/mol. The van der Waals surface area contributed by atoms with Gasteiger partial charge in [-0.05, 0) is 71.8 Å². The third kappa shape index (κ3) is 4.72. The third-order valence-corrected chi connectivity index (χ3v) is 7.04. The summed E-state index contributed by atoms with van der Waals surface area (Å²) in [6, 6.07) is 19.1. The van der Waals surface area contributed by atoms with Gasteiger partial charge in [0, 0.05) is 18.5 Å². The number of hydrogen-bond acceptors (Lipinski definition) is 6. The van der Waals surface area contributed by atoms with Crippen molar-refractivity contribution in [2.24, 2.45) is 0 Å². The van der Waals surface area contributed by atoms with E-state index in [1.54, 1.807) is 12.1 Å². The molecule has 3 aromatic rings. The summed E-state index contributed by atoms with van der Waals surface area (Å²) >= 11 is 0. The van der Waals surface area contributed by atoms with Crippen LogP contribution in [0.5, 0.6) is 11.5 Å². The zero-order chi connectivity index (χ0) is 25.3. The lowest BCUT2D eigenvalue weighted by atomic mass is 9.87. The Morgan fingerprint density at radius 3 is 2.47 bits per heavy atom. The predicted octanol–water partition coefficient (Wildman–Crippen LogP) is 3.32. The first-order valence-electron chi connectivity index (χ1n) is 12.1. The maximum absolute atomic E-state index is 13.4. The SMILES string of the molecule is Cc1ccc(CC(=O)C2(c3ccc4c(c3)OCO4)CC2)cc1-c1ccc(C(=O)NC[C@H](O)CO)cc1. The first kappa shape index (κ1) is 24.0. The molecule has 1 aliphatic carbocycles. The number of aryl methyl sites for hydroxylation is 1. The van der Waals surface area contributed by atoms with E-state index in [0.29, 0.717) is 17.7 Å². The van der Waals surface area contributed by atoms with Crippen molar-refractivity contribution >= 4 is 11.7 Å². The molecule has 0 aromatic heterocycles. The van der Waals surface area contributed by atoms with E-state index in [1.165, 1.54) is 0 Å². The molecule has 36 heavy (non-hydrogen) atoms. The molecule has 1 amide bonds. The van der Waals surface area contributed by atoms with E-state index in [2.05, 4.69) is 11.4 Å². The lowest BCUT2D eigenvalue weighted by Crippen LogP contribution is -2.33. The molecule has 5 rings (SSSR count). The molecule has 1 atom stereocenters. The number of nitrogens with one attached hydrogen (secondary N) is 1. The number of carbonyl (C=O) groups is 2. The van der Waals surface area contributed by atoms with Crippen LogP contribution in [0.2, 0.25) is 0 Å². The van der Waals surface area contributed by atoms with Crippen LogP contribution in [0.4, 0.5) is 0 Å². The Balaban J connectivity index is 1.30. The fourth-order valence-corrected chi connectivity index (χ4v) is 4.67. The van der Waals surface area contributed by atoms with Gasteiger partial charge in [0.2, 0.25) is 6.79 Å². The molecular weight excluding hydrogens is 458 g/mol. The molecule has 3 aromatic carbocycles. The molecule has 0 bridgehead atoms. The average molecular weight is 488 g/mol. The molecule has 1 heterocycles. The summed E-state index contributed by atoms with van der Waals surface area (Å²) in [7, 11) is 0. The first-order chi connectivity index (χ1) is 17.4. The monoisotopic (exact) mass is 487 g/mol. The molecule has 1 fully saturated rings. The van der Waals surface area contributed by atoms with Crippen molar-refractivity contribution in [3.05, 3.63) is 82.9 Å². The second kappa shape index (κ2) is 9.76. The van der Waals surface area contributed by atoms with Crippen LogP contribution in [0.1, 0.15) is 39.9 Å². The van der Waals surface area contributed by atoms with Gasteiger partial charge >= 0.3 is 0 Å². The van der Waals surface area contributed by atoms with Gasteiger partial charge in [-0.15, -0.1) is 0 Å². The van der Waals surface area contributed by atoms with Gasteiger partial charge in [0.05, 0.1) is 18.1 Å². The van der Waals surface area contributed by atoms with Gasteiger partial charge < -0.3 is 25.0 Å². The molecule has 0 spiro atoms. The summed E-state index contributed by atoms with van der Waals surface area (Å²) in [6.07, 6.45) is 1.03. The standard InChI is InChI=1S/C29H29NO6/c1-18-2-3-19(12-24(18)20-4-6-21(7-5-20)28(34)30-15-23(32)16-31)13-27(33)29(10-11-29)22-8-9-25-26(14-22)36-17-35-25/h2-9,12,14,23,31-32H,10-11,13,15-17H2,1H3,(H,30,34)/t23-/m0/s1. The Morgan fingerprint density at radius 2 is 1.75 bits per heavy atom. The molecule has 7 nitrogen and oxygen atoms in total. The average Bonchev–Trinajstić information content (AvgIpc) is 3.59. The molecule has 3 N–H and O–H groups in total. The minimum Gasteiger partial charge on any atom is -0.454 e. The normalized spacial score (nSPS) is 15.9. The molecule has 186 valence electrons. The number of rotatable bonds is 9. The van der Waals surface area contributed by atoms with E-state index in [-0.39, 0.29) is 25.0 Å². The van der Waals surface area contributed by atoms with Crippen LogP contribution in [-0.4, -0.2) is 48.0 Å². The van der Waals surface area contributed by atoms with Gasteiger partial charge in [-0.1, -0.05) is 36.4 Å². The summed E-state index contributed by atoms with van der Waals surface area (Å²) < 4.78 is 10.9. The zero-order valence-electron chi connectivity index (χ0n) is 20.1. The van der Waals surface area contributed by atoms with E-state index in [0.717, 1.165) is 46.4 Å². The second-order valence-corrected chi connectivity index (χ2v) is 9.52. The lowest BCUT2D eigenvalue weighted by molar-refractivity contribution is -0.120. The van der Waals surface area contributed by atoms with Gasteiger partial charge in [-0.2, -0.15) is 0 Å². The van der Waals surface area contributed by atoms with Gasteiger partial charge in [0.25, 0.3) is 5.91 Å². The van der Waals surface area contributed by atoms with Gasteiger partial charge in [0.1, 0.15) is 5.78 Å². The zero-order valence-corrected chi connectivity index (χ0v) is 20.1. The number of ketones is 1. The van der Waals surface area contributed by atoms with Crippen LogP contribution >= 0.6 is 0 Å². The first-order valence-corrected chi connectivity index (χ1v) is 12.1. The van der Waals surface area contributed by atoms with Crippen LogP contribution in [0.3, 0.4) is 0 Å². The Labute approximate surface area is 209 Å². The summed E-state index contributed by atoms with van der Waals surface area (Å²) in [4.78, 5) is 25.7. The Kier molecular flexibility index (Phi) is 6.51. The second-order valence-electron chi connectivity index (χ2n) is 9.52. The van der Waals surface area contributed by atoms with Crippen LogP contribution < -0.4 is 14.8 Å². The highest BCUT2D eigenvalue weighted by molar-refractivity contribution is 5.96. The minimum absolute atomic E-state index is 0.0139. The molecule has 0 unspecified atom stereocenters. The van der Waals surface area contributed by atoms with Gasteiger partial charge in [-0.3, -0.25) is 9.59 Å². The highest BCUT2D eigenvalue weighted by atomic mass is 16.7. The van der Waals surface area contributed by atoms with Crippen LogP contribution in [0.25, 0.3) is 11.1 Å². The minimum atomic E-state index is -0.985. The number of amides is 1. The highest BCUT2D eigenvalue weighted by Crippen LogP contribution is 2.51. The van der Waals surface area contributed by atoms with Crippen LogP contribution in [-0.2, 0) is 16.6 Å². The number of aliphatic hydroxyl groups excluding tert-OH is 2. The summed E-state index contributed by atoms with van der Waals surface area (Å²) in [6.45, 7) is 1.81. The Bertz CT molecular complexity index is 1300. The Morgan fingerprint density at radius 1 is 1.00 bits per heavy atom. The van der Waals surface area contributed by atoms with E-state index in [1.807, 2.05) is 49.4 Å². The van der Waals surface area contributed by atoms with E-state index >= 15 is 0 Å². The molecule has 0 saturated heterocycles. The third-order valence-electron chi connectivity index (χ3n) is 7.04. The number of ether oxygens (including phenoxy) is 2. The summed E-state index contributed by atoms with van der Waals surface area (Å²) in [5.41, 5.74) is 4.99. The molecular formula is C29H29NO6. The fourth-order valence-electron chi connectivity index (χ4n) is 4.67. The van der Waals surface area contributed by atoms with Gasteiger partial charge in [0.15, 0.2) is 11.5 Å². The number of carbonyl (C=O) groups excluding carboxylic acids is 2. The number of Topliss-reactive ketones (excluding diaryl/α,β-unsaturated/α-hetero) is 1. The van der Waals surface area contributed by atoms with Crippen LogP contribution in [0.15, 0.2) is 60.7 Å². The van der Waals surface area contributed by atoms with E-state index in [9.17, 15) is 14.7 Å². The van der Waals surface area contributed by atoms with Crippen molar-refractivity contribution in [2.75, 3.05) is 19.9 Å². The van der Waals surface area contributed by atoms with Crippen molar-refractivity contribution in [3.63, 3.8) is 0 Å². The number of fused-ring (bicyclic) bond motifs is 1. The lowest BCUT2D eigenvalue weighted by Gasteiger charge is -2.16. The fraction of sp³-hybridized carbons (Fsp3) is 0.310. The molecule has 7 heteroatoms. The summed E-state index contributed by atoms with van der Waals surface area (Å²) in [5, 5.41) is 20.9. The number of hydrogen-bond donors (Lipinski definition) is 3. The quantitative estimate of drug-likeness (QED) is 0.428. The molecule has 1 aliphatic heterocycles. The smallest absolute Gasteiger partial charge is 0.251 e. The molecule has 0 radical (unpaired) electrons. The highest BCUT2D eigenvalue weighted by Gasteiger charge is 2.50. The largest absolute Gasteiger partial charge is 0.454 e. The van der Waals surface area contributed by atoms with Gasteiger partial charge in [-0.25, -0.2) is 0 Å². The maximum Gasteiger partial charge on any atom is 0.251 e. The van der Waals surface area contributed by atoms with Crippen molar-refractivity contribution in [1.82, 2.24) is 5.32 Å². The van der Waals surface area contributed by atoms with E-state index in [4.69, 9.17) is 14.6 Å². The maximum atomic E-state index is 13.4. The Hall–Kier alpha value is -3.68.